The average molecular weight is 213 g/mol. The molecule has 0 aromatic heterocycles. The first-order chi connectivity index (χ1) is 7.20. The van der Waals surface area contributed by atoms with Crippen molar-refractivity contribution in [1.82, 2.24) is 5.32 Å². The van der Waals surface area contributed by atoms with E-state index in [4.69, 9.17) is 4.74 Å². The zero-order valence-corrected chi connectivity index (χ0v) is 8.47. The number of rotatable bonds is 2. The molecule has 1 fully saturated rings. The molecule has 82 valence electrons. The number of halogens is 2. The Morgan fingerprint density at radius 3 is 2.87 bits per heavy atom. The Labute approximate surface area is 87.2 Å². The van der Waals surface area contributed by atoms with Gasteiger partial charge in [0.2, 0.25) is 0 Å². The Balaban J connectivity index is 2.29. The molecule has 1 heterocycles. The van der Waals surface area contributed by atoms with Crippen molar-refractivity contribution in [2.45, 2.75) is 18.6 Å². The molecule has 0 bridgehead atoms. The first-order valence-corrected chi connectivity index (χ1v) is 4.91. The number of nitrogens with one attached hydrogen (secondary N) is 1. The van der Waals surface area contributed by atoms with Crippen molar-refractivity contribution in [2.24, 2.45) is 0 Å². The van der Waals surface area contributed by atoms with Gasteiger partial charge in [0.15, 0.2) is 0 Å². The second kappa shape index (κ2) is 4.14. The molecular formula is C11H13F2NO. The molecule has 0 saturated carbocycles. The van der Waals surface area contributed by atoms with Gasteiger partial charge in [-0.25, -0.2) is 8.78 Å². The van der Waals surface area contributed by atoms with Gasteiger partial charge in [0.05, 0.1) is 7.11 Å². The van der Waals surface area contributed by atoms with Crippen LogP contribution in [0.25, 0.3) is 0 Å². The lowest BCUT2D eigenvalue weighted by Crippen LogP contribution is -2.14. The monoisotopic (exact) mass is 213 g/mol. The molecule has 1 saturated heterocycles. The van der Waals surface area contributed by atoms with Gasteiger partial charge in [0.25, 0.3) is 0 Å². The van der Waals surface area contributed by atoms with Crippen molar-refractivity contribution in [1.29, 1.82) is 0 Å². The fourth-order valence-corrected chi connectivity index (χ4v) is 1.91. The summed E-state index contributed by atoms with van der Waals surface area (Å²) < 4.78 is 31.2. The van der Waals surface area contributed by atoms with E-state index in [1.54, 1.807) is 6.07 Å². The van der Waals surface area contributed by atoms with Crippen LogP contribution in [0.1, 0.15) is 18.0 Å². The van der Waals surface area contributed by atoms with Crippen LogP contribution in [0.5, 0.6) is 5.75 Å². The van der Waals surface area contributed by atoms with E-state index in [-0.39, 0.29) is 11.9 Å². The third kappa shape index (κ3) is 2.09. The lowest BCUT2D eigenvalue weighted by atomic mass is 10.0. The van der Waals surface area contributed by atoms with Gasteiger partial charge in [-0.3, -0.25) is 0 Å². The SMILES string of the molecule is COc1ccc(F)cc1[C@@H]1CC(F)CN1. The molecule has 0 spiro atoms. The van der Waals surface area contributed by atoms with E-state index >= 15 is 0 Å². The number of alkyl halides is 1. The van der Waals surface area contributed by atoms with Crippen molar-refractivity contribution in [3.63, 3.8) is 0 Å². The third-order valence-corrected chi connectivity index (χ3v) is 2.64. The number of ether oxygens (including phenoxy) is 1. The maximum atomic E-state index is 13.1. The maximum absolute atomic E-state index is 13.1. The fourth-order valence-electron chi connectivity index (χ4n) is 1.91. The molecule has 2 nitrogen and oxygen atoms in total. The van der Waals surface area contributed by atoms with Crippen molar-refractivity contribution in [3.05, 3.63) is 29.6 Å². The third-order valence-electron chi connectivity index (χ3n) is 2.64. The molecule has 0 radical (unpaired) electrons. The highest BCUT2D eigenvalue weighted by atomic mass is 19.1. The van der Waals surface area contributed by atoms with E-state index in [1.165, 1.54) is 19.2 Å². The number of hydrogen-bond acceptors (Lipinski definition) is 2. The number of hydrogen-bond donors (Lipinski definition) is 1. The van der Waals surface area contributed by atoms with Crippen LogP contribution >= 0.6 is 0 Å². The van der Waals surface area contributed by atoms with Crippen LogP contribution in [0.2, 0.25) is 0 Å². The first kappa shape index (κ1) is 10.4. The molecule has 1 N–H and O–H groups in total. The summed E-state index contributed by atoms with van der Waals surface area (Å²) in [5, 5.41) is 3.00. The Morgan fingerprint density at radius 2 is 2.27 bits per heavy atom. The Hall–Kier alpha value is -1.16. The molecule has 1 aromatic carbocycles. The van der Waals surface area contributed by atoms with Gasteiger partial charge in [-0.15, -0.1) is 0 Å². The summed E-state index contributed by atoms with van der Waals surface area (Å²) in [5.74, 6) is 0.276. The lowest BCUT2D eigenvalue weighted by molar-refractivity contribution is 0.353. The molecule has 4 heteroatoms. The van der Waals surface area contributed by atoms with Crippen LogP contribution in [-0.4, -0.2) is 19.8 Å². The van der Waals surface area contributed by atoms with Gasteiger partial charge in [0, 0.05) is 18.2 Å². The molecule has 1 aliphatic rings. The van der Waals surface area contributed by atoms with E-state index < -0.39 is 6.17 Å². The molecular weight excluding hydrogens is 200 g/mol. The highest BCUT2D eigenvalue weighted by Crippen LogP contribution is 2.32. The van der Waals surface area contributed by atoms with E-state index in [0.717, 1.165) is 0 Å². The number of methoxy groups -OCH3 is 1. The van der Waals surface area contributed by atoms with Gasteiger partial charge < -0.3 is 10.1 Å². The van der Waals surface area contributed by atoms with E-state index in [9.17, 15) is 8.78 Å². The molecule has 1 unspecified atom stereocenters. The topological polar surface area (TPSA) is 21.3 Å². The standard InChI is InChI=1S/C11H13F2NO/c1-15-11-3-2-7(12)4-9(11)10-5-8(13)6-14-10/h2-4,8,10,14H,5-6H2,1H3/t8?,10-/m0/s1. The normalized spacial score (nSPS) is 25.5. The van der Waals surface area contributed by atoms with Crippen LogP contribution < -0.4 is 10.1 Å². The predicted octanol–water partition coefficient (Wildman–Crippen LogP) is 2.21. The number of benzene rings is 1. The minimum absolute atomic E-state index is 0.148. The lowest BCUT2D eigenvalue weighted by Gasteiger charge is -2.14. The molecule has 1 aromatic rings. The molecule has 2 atom stereocenters. The second-order valence-corrected chi connectivity index (χ2v) is 3.68. The summed E-state index contributed by atoms with van der Waals surface area (Å²) in [7, 11) is 1.53. The zero-order chi connectivity index (χ0) is 10.8. The van der Waals surface area contributed by atoms with Crippen LogP contribution in [0.4, 0.5) is 8.78 Å². The van der Waals surface area contributed by atoms with E-state index in [2.05, 4.69) is 5.32 Å². The van der Waals surface area contributed by atoms with Crippen molar-refractivity contribution >= 4 is 0 Å². The Kier molecular flexibility index (Phi) is 2.86. The average Bonchev–Trinajstić information content (AvgIpc) is 2.65. The first-order valence-electron chi connectivity index (χ1n) is 4.91. The molecule has 0 aliphatic carbocycles. The summed E-state index contributed by atoms with van der Waals surface area (Å²) in [5.41, 5.74) is 0.692. The minimum Gasteiger partial charge on any atom is -0.496 e. The van der Waals surface area contributed by atoms with Crippen LogP contribution in [-0.2, 0) is 0 Å². The van der Waals surface area contributed by atoms with Gasteiger partial charge in [-0.05, 0) is 24.6 Å². The zero-order valence-electron chi connectivity index (χ0n) is 8.47. The fraction of sp³-hybridized carbons (Fsp3) is 0.455. The molecule has 0 amide bonds. The minimum atomic E-state index is -0.858. The summed E-state index contributed by atoms with van der Waals surface area (Å²) in [4.78, 5) is 0. The highest BCUT2D eigenvalue weighted by Gasteiger charge is 2.27. The van der Waals surface area contributed by atoms with Gasteiger partial charge in [-0.2, -0.15) is 0 Å². The quantitative estimate of drug-likeness (QED) is 0.813. The summed E-state index contributed by atoms with van der Waals surface area (Å²) in [6, 6.07) is 4.15. The van der Waals surface area contributed by atoms with Crippen LogP contribution in [0.3, 0.4) is 0 Å². The summed E-state index contributed by atoms with van der Waals surface area (Å²) in [6.45, 7) is 0.324. The highest BCUT2D eigenvalue weighted by molar-refractivity contribution is 5.37. The Morgan fingerprint density at radius 1 is 1.47 bits per heavy atom. The van der Waals surface area contributed by atoms with Gasteiger partial charge in [0.1, 0.15) is 17.7 Å². The van der Waals surface area contributed by atoms with Crippen molar-refractivity contribution in [2.75, 3.05) is 13.7 Å². The molecule has 15 heavy (non-hydrogen) atoms. The van der Waals surface area contributed by atoms with Gasteiger partial charge >= 0.3 is 0 Å². The molecule has 2 rings (SSSR count). The van der Waals surface area contributed by atoms with E-state index in [0.29, 0.717) is 24.3 Å². The summed E-state index contributed by atoms with van der Waals surface area (Å²) >= 11 is 0. The predicted molar refractivity (Wildman–Crippen MR) is 53.2 cm³/mol. The smallest absolute Gasteiger partial charge is 0.123 e. The van der Waals surface area contributed by atoms with Crippen molar-refractivity contribution in [3.8, 4) is 5.75 Å². The van der Waals surface area contributed by atoms with E-state index in [1.807, 2.05) is 0 Å². The Bertz CT molecular complexity index is 356. The molecule has 1 aliphatic heterocycles. The summed E-state index contributed by atoms with van der Waals surface area (Å²) in [6.07, 6.45) is -0.484. The second-order valence-electron chi connectivity index (χ2n) is 3.68. The van der Waals surface area contributed by atoms with Crippen LogP contribution in [0, 0.1) is 5.82 Å². The maximum Gasteiger partial charge on any atom is 0.123 e. The van der Waals surface area contributed by atoms with Crippen molar-refractivity contribution < 1.29 is 13.5 Å². The largest absolute Gasteiger partial charge is 0.496 e. The van der Waals surface area contributed by atoms with Gasteiger partial charge in [-0.1, -0.05) is 0 Å². The van der Waals surface area contributed by atoms with Crippen LogP contribution in [0.15, 0.2) is 18.2 Å².